The van der Waals surface area contributed by atoms with Crippen LogP contribution >= 0.6 is 11.8 Å². The predicted octanol–water partition coefficient (Wildman–Crippen LogP) is 4.81. The molecule has 1 fully saturated rings. The topological polar surface area (TPSA) is 78.3 Å². The number of hydrogen-bond acceptors (Lipinski definition) is 6. The average molecular weight is 484 g/mol. The zero-order chi connectivity index (χ0) is 23.6. The van der Waals surface area contributed by atoms with Crippen LogP contribution in [0, 0.1) is 0 Å². The SMILES string of the molecule is O=C(CSc1nnc(-c2c[nH]c3ccccc23)o1)N1CCN(Cc2cccc3ccccc23)CC1. The summed E-state index contributed by atoms with van der Waals surface area (Å²) >= 11 is 1.30. The van der Waals surface area contributed by atoms with Gasteiger partial charge in [0.05, 0.1) is 11.3 Å². The molecular formula is C27H25N5O2S. The van der Waals surface area contributed by atoms with E-state index in [4.69, 9.17) is 4.42 Å². The zero-order valence-corrected chi connectivity index (χ0v) is 20.0. The first-order valence-electron chi connectivity index (χ1n) is 11.7. The Balaban J connectivity index is 1.03. The van der Waals surface area contributed by atoms with Crippen molar-refractivity contribution in [2.24, 2.45) is 0 Å². The molecular weight excluding hydrogens is 458 g/mol. The van der Waals surface area contributed by atoms with Crippen LogP contribution in [0.1, 0.15) is 5.56 Å². The van der Waals surface area contributed by atoms with E-state index in [0.29, 0.717) is 16.9 Å². The molecule has 3 aromatic carbocycles. The average Bonchev–Trinajstić information content (AvgIpc) is 3.55. The van der Waals surface area contributed by atoms with Crippen molar-refractivity contribution in [1.82, 2.24) is 25.0 Å². The van der Waals surface area contributed by atoms with E-state index in [2.05, 4.69) is 62.5 Å². The summed E-state index contributed by atoms with van der Waals surface area (Å²) < 4.78 is 5.83. The molecule has 0 radical (unpaired) electrons. The number of piperazine rings is 1. The van der Waals surface area contributed by atoms with Gasteiger partial charge in [0.2, 0.25) is 5.91 Å². The van der Waals surface area contributed by atoms with Crippen LogP contribution in [-0.2, 0) is 11.3 Å². The second kappa shape index (κ2) is 9.56. The Morgan fingerprint density at radius 1 is 0.914 bits per heavy atom. The first kappa shape index (κ1) is 21.9. The number of benzene rings is 3. The minimum atomic E-state index is 0.103. The molecule has 1 amide bonds. The highest BCUT2D eigenvalue weighted by molar-refractivity contribution is 7.99. The minimum Gasteiger partial charge on any atom is -0.411 e. The fraction of sp³-hybridized carbons (Fsp3) is 0.222. The van der Waals surface area contributed by atoms with Gasteiger partial charge < -0.3 is 14.3 Å². The normalized spacial score (nSPS) is 14.7. The standard InChI is InChI=1S/C27H25N5O2S/c33-25(18-35-27-30-29-26(34-27)23-16-28-24-11-4-3-10-22(23)24)32-14-12-31(13-15-32)17-20-8-5-7-19-6-1-2-9-21(19)20/h1-11,16,28H,12-15,17-18H2. The summed E-state index contributed by atoms with van der Waals surface area (Å²) in [7, 11) is 0. The van der Waals surface area contributed by atoms with Crippen molar-refractivity contribution in [3.63, 3.8) is 0 Å². The van der Waals surface area contributed by atoms with Crippen molar-refractivity contribution in [3.8, 4) is 11.5 Å². The van der Waals surface area contributed by atoms with Gasteiger partial charge in [-0.2, -0.15) is 0 Å². The number of amides is 1. The number of nitrogens with one attached hydrogen (secondary N) is 1. The number of thioether (sulfide) groups is 1. The number of hydrogen-bond donors (Lipinski definition) is 1. The smallest absolute Gasteiger partial charge is 0.277 e. The molecule has 0 spiro atoms. The second-order valence-electron chi connectivity index (χ2n) is 8.70. The number of aromatic amines is 1. The Morgan fingerprint density at radius 3 is 2.57 bits per heavy atom. The molecule has 6 rings (SSSR count). The molecule has 0 saturated carbocycles. The number of aromatic nitrogens is 3. The zero-order valence-electron chi connectivity index (χ0n) is 19.2. The first-order valence-corrected chi connectivity index (χ1v) is 12.7. The first-order chi connectivity index (χ1) is 17.2. The third-order valence-electron chi connectivity index (χ3n) is 6.54. The summed E-state index contributed by atoms with van der Waals surface area (Å²) in [5.41, 5.74) is 3.22. The molecule has 35 heavy (non-hydrogen) atoms. The van der Waals surface area contributed by atoms with Crippen LogP contribution in [-0.4, -0.2) is 62.8 Å². The lowest BCUT2D eigenvalue weighted by atomic mass is 10.0. The van der Waals surface area contributed by atoms with Gasteiger partial charge in [0, 0.05) is 49.8 Å². The highest BCUT2D eigenvalue weighted by atomic mass is 32.2. The fourth-order valence-electron chi connectivity index (χ4n) is 4.67. The maximum Gasteiger partial charge on any atom is 0.277 e. The highest BCUT2D eigenvalue weighted by Gasteiger charge is 2.22. The number of carbonyl (C=O) groups is 1. The Morgan fingerprint density at radius 2 is 1.69 bits per heavy atom. The number of rotatable bonds is 6. The van der Waals surface area contributed by atoms with E-state index in [9.17, 15) is 4.79 Å². The van der Waals surface area contributed by atoms with Crippen molar-refractivity contribution in [2.45, 2.75) is 11.8 Å². The summed E-state index contributed by atoms with van der Waals surface area (Å²) in [6.07, 6.45) is 1.87. The molecule has 5 aromatic rings. The lowest BCUT2D eigenvalue weighted by molar-refractivity contribution is -0.130. The van der Waals surface area contributed by atoms with E-state index in [-0.39, 0.29) is 5.91 Å². The van der Waals surface area contributed by atoms with Gasteiger partial charge in [-0.3, -0.25) is 9.69 Å². The van der Waals surface area contributed by atoms with E-state index >= 15 is 0 Å². The predicted molar refractivity (Wildman–Crippen MR) is 138 cm³/mol. The molecule has 7 nitrogen and oxygen atoms in total. The molecule has 8 heteroatoms. The third kappa shape index (κ3) is 4.54. The monoisotopic (exact) mass is 483 g/mol. The van der Waals surface area contributed by atoms with E-state index in [1.807, 2.05) is 35.4 Å². The number of carbonyl (C=O) groups excluding carboxylic acids is 1. The van der Waals surface area contributed by atoms with Crippen LogP contribution in [0.3, 0.4) is 0 Å². The fourth-order valence-corrected chi connectivity index (χ4v) is 5.33. The van der Waals surface area contributed by atoms with Crippen molar-refractivity contribution in [1.29, 1.82) is 0 Å². The van der Waals surface area contributed by atoms with Gasteiger partial charge in [0.1, 0.15) is 0 Å². The lowest BCUT2D eigenvalue weighted by Crippen LogP contribution is -2.48. The molecule has 1 aliphatic heterocycles. The largest absolute Gasteiger partial charge is 0.411 e. The van der Waals surface area contributed by atoms with Crippen molar-refractivity contribution < 1.29 is 9.21 Å². The van der Waals surface area contributed by atoms with Gasteiger partial charge in [-0.05, 0) is 22.4 Å². The lowest BCUT2D eigenvalue weighted by Gasteiger charge is -2.34. The van der Waals surface area contributed by atoms with E-state index < -0.39 is 0 Å². The molecule has 0 unspecified atom stereocenters. The van der Waals surface area contributed by atoms with Gasteiger partial charge in [-0.25, -0.2) is 0 Å². The van der Waals surface area contributed by atoms with Gasteiger partial charge in [-0.1, -0.05) is 72.4 Å². The Labute approximate surface area is 207 Å². The summed E-state index contributed by atoms with van der Waals surface area (Å²) in [6.45, 7) is 4.09. The summed E-state index contributed by atoms with van der Waals surface area (Å²) in [5, 5.41) is 12.3. The van der Waals surface area contributed by atoms with Gasteiger partial charge >= 0.3 is 0 Å². The van der Waals surface area contributed by atoms with Crippen LogP contribution in [0.25, 0.3) is 33.1 Å². The van der Waals surface area contributed by atoms with Crippen LogP contribution in [0.2, 0.25) is 0 Å². The molecule has 1 saturated heterocycles. The molecule has 0 aliphatic carbocycles. The second-order valence-corrected chi connectivity index (χ2v) is 9.63. The van der Waals surface area contributed by atoms with Gasteiger partial charge in [0.25, 0.3) is 11.1 Å². The molecule has 1 N–H and O–H groups in total. The molecule has 2 aromatic heterocycles. The maximum absolute atomic E-state index is 12.8. The Bertz CT molecular complexity index is 1480. The number of H-pyrrole nitrogens is 1. The van der Waals surface area contributed by atoms with Crippen LogP contribution in [0.4, 0.5) is 0 Å². The van der Waals surface area contributed by atoms with E-state index in [1.165, 1.54) is 28.1 Å². The number of para-hydroxylation sites is 1. The summed E-state index contributed by atoms with van der Waals surface area (Å²) in [5.74, 6) is 0.852. The van der Waals surface area contributed by atoms with Crippen LogP contribution in [0.15, 0.2) is 82.6 Å². The quantitative estimate of drug-likeness (QED) is 0.349. The highest BCUT2D eigenvalue weighted by Crippen LogP contribution is 2.29. The van der Waals surface area contributed by atoms with Gasteiger partial charge in [-0.15, -0.1) is 10.2 Å². The molecule has 0 atom stereocenters. The van der Waals surface area contributed by atoms with Crippen LogP contribution < -0.4 is 0 Å². The number of fused-ring (bicyclic) bond motifs is 2. The van der Waals surface area contributed by atoms with Crippen molar-refractivity contribution >= 4 is 39.3 Å². The summed E-state index contributed by atoms with van der Waals surface area (Å²) in [4.78, 5) is 20.4. The third-order valence-corrected chi connectivity index (χ3v) is 7.35. The molecule has 3 heterocycles. The Kier molecular flexibility index (Phi) is 5.98. The van der Waals surface area contributed by atoms with Crippen molar-refractivity contribution in [2.75, 3.05) is 31.9 Å². The van der Waals surface area contributed by atoms with Crippen molar-refractivity contribution in [3.05, 3.63) is 78.5 Å². The number of nitrogens with zero attached hydrogens (tertiary/aromatic N) is 4. The summed E-state index contributed by atoms with van der Waals surface area (Å²) in [6, 6.07) is 23.0. The minimum absolute atomic E-state index is 0.103. The molecule has 176 valence electrons. The maximum atomic E-state index is 12.8. The molecule has 0 bridgehead atoms. The van der Waals surface area contributed by atoms with E-state index in [0.717, 1.165) is 49.2 Å². The van der Waals surface area contributed by atoms with Crippen LogP contribution in [0.5, 0.6) is 0 Å². The Hall–Kier alpha value is -3.62. The van der Waals surface area contributed by atoms with E-state index in [1.54, 1.807) is 0 Å². The molecule has 1 aliphatic rings. The van der Waals surface area contributed by atoms with Gasteiger partial charge in [0.15, 0.2) is 0 Å².